The number of amides is 1. The molecule has 0 saturated heterocycles. The highest BCUT2D eigenvalue weighted by atomic mass is 32.2. The monoisotopic (exact) mass is 473 g/mol. The first-order valence-electron chi connectivity index (χ1n) is 10.2. The molecule has 0 fully saturated rings. The maximum absolute atomic E-state index is 12.6. The first-order chi connectivity index (χ1) is 15.3. The number of aryl methyl sites for hydroxylation is 1. The second-order valence-corrected chi connectivity index (χ2v) is 10.3. The minimum atomic E-state index is -3.57. The van der Waals surface area contributed by atoms with Gasteiger partial charge in [-0.1, -0.05) is 13.3 Å². The molecule has 1 aromatic heterocycles. The number of sulfonamides is 1. The fourth-order valence-corrected chi connectivity index (χ4v) is 5.05. The van der Waals surface area contributed by atoms with Crippen LogP contribution in [-0.2, 0) is 10.0 Å². The quantitative estimate of drug-likeness (QED) is 0.482. The molecule has 32 heavy (non-hydrogen) atoms. The third-order valence-corrected chi connectivity index (χ3v) is 7.70. The van der Waals surface area contributed by atoms with Crippen LogP contribution < -0.4 is 10.1 Å². The van der Waals surface area contributed by atoms with Gasteiger partial charge in [-0.05, 0) is 61.4 Å². The molecule has 0 spiro atoms. The fraction of sp³-hybridized carbons (Fsp3) is 0.304. The van der Waals surface area contributed by atoms with Crippen molar-refractivity contribution in [2.24, 2.45) is 0 Å². The van der Waals surface area contributed by atoms with E-state index in [1.807, 2.05) is 37.4 Å². The van der Waals surface area contributed by atoms with Crippen molar-refractivity contribution in [1.82, 2.24) is 9.29 Å². The van der Waals surface area contributed by atoms with Gasteiger partial charge in [0.15, 0.2) is 5.13 Å². The lowest BCUT2D eigenvalue weighted by atomic mass is 10.1. The summed E-state index contributed by atoms with van der Waals surface area (Å²) >= 11 is 1.33. The molecule has 1 N–H and O–H groups in total. The van der Waals surface area contributed by atoms with E-state index in [4.69, 9.17) is 4.74 Å². The van der Waals surface area contributed by atoms with Crippen LogP contribution in [0, 0.1) is 6.92 Å². The minimum absolute atomic E-state index is 0.166. The van der Waals surface area contributed by atoms with E-state index in [9.17, 15) is 13.2 Å². The van der Waals surface area contributed by atoms with Crippen LogP contribution >= 0.6 is 11.3 Å². The molecule has 0 bridgehead atoms. The van der Waals surface area contributed by atoms with Gasteiger partial charge in [0.05, 0.1) is 17.7 Å². The van der Waals surface area contributed by atoms with Crippen molar-refractivity contribution >= 4 is 32.4 Å². The lowest BCUT2D eigenvalue weighted by Crippen LogP contribution is -2.28. The van der Waals surface area contributed by atoms with E-state index in [0.717, 1.165) is 35.4 Å². The van der Waals surface area contributed by atoms with Crippen molar-refractivity contribution in [3.05, 3.63) is 59.0 Å². The predicted octanol–water partition coefficient (Wildman–Crippen LogP) is 4.80. The molecule has 0 unspecified atom stereocenters. The number of carbonyl (C=O) groups excluding carboxylic acids is 1. The smallest absolute Gasteiger partial charge is 0.257 e. The lowest BCUT2D eigenvalue weighted by molar-refractivity contribution is 0.102. The number of nitrogens with zero attached hydrogens (tertiary/aromatic N) is 2. The van der Waals surface area contributed by atoms with E-state index in [1.54, 1.807) is 14.2 Å². The lowest BCUT2D eigenvalue weighted by Gasteiger charge is -2.16. The molecule has 0 atom stereocenters. The molecule has 0 aliphatic heterocycles. The zero-order chi connectivity index (χ0) is 23.3. The number of thiazole rings is 1. The van der Waals surface area contributed by atoms with Gasteiger partial charge in [0.2, 0.25) is 10.0 Å². The molecule has 3 rings (SSSR count). The number of hydrogen-bond acceptors (Lipinski definition) is 6. The highest BCUT2D eigenvalue weighted by molar-refractivity contribution is 7.89. The largest absolute Gasteiger partial charge is 0.496 e. The predicted molar refractivity (Wildman–Crippen MR) is 128 cm³/mol. The molecule has 0 saturated carbocycles. The summed E-state index contributed by atoms with van der Waals surface area (Å²) in [5.74, 6) is 0.458. The number of rotatable bonds is 9. The van der Waals surface area contributed by atoms with Crippen molar-refractivity contribution in [2.45, 2.75) is 31.6 Å². The molecule has 7 nitrogen and oxygen atoms in total. The van der Waals surface area contributed by atoms with Crippen LogP contribution in [0.3, 0.4) is 0 Å². The highest BCUT2D eigenvalue weighted by Crippen LogP contribution is 2.29. The van der Waals surface area contributed by atoms with E-state index >= 15 is 0 Å². The fourth-order valence-electron chi connectivity index (χ4n) is 3.13. The molecule has 1 heterocycles. The average molecular weight is 474 g/mol. The molecule has 1 amide bonds. The molecular weight excluding hydrogens is 446 g/mol. The Bertz CT molecular complexity index is 1190. The Labute approximate surface area is 193 Å². The van der Waals surface area contributed by atoms with E-state index in [1.165, 1.54) is 39.9 Å². The van der Waals surface area contributed by atoms with Gasteiger partial charge in [-0.3, -0.25) is 10.1 Å². The number of hydrogen-bond donors (Lipinski definition) is 1. The SMILES string of the molecule is CCCCN(C)S(=O)(=O)c1ccc(C(=O)Nc2nc(-c3ccc(OC)c(C)c3)cs2)cc1. The molecule has 170 valence electrons. The van der Waals surface area contributed by atoms with Crippen LogP contribution in [0.1, 0.15) is 35.7 Å². The number of anilines is 1. The average Bonchev–Trinajstić information content (AvgIpc) is 3.25. The van der Waals surface area contributed by atoms with Crippen molar-refractivity contribution in [1.29, 1.82) is 0 Å². The third kappa shape index (κ3) is 5.35. The van der Waals surface area contributed by atoms with Crippen molar-refractivity contribution in [3.63, 3.8) is 0 Å². The summed E-state index contributed by atoms with van der Waals surface area (Å²) in [5, 5.41) is 5.12. The van der Waals surface area contributed by atoms with Crippen molar-refractivity contribution in [3.8, 4) is 17.0 Å². The number of aromatic nitrogens is 1. The normalized spacial score (nSPS) is 11.5. The second-order valence-electron chi connectivity index (χ2n) is 7.38. The summed E-state index contributed by atoms with van der Waals surface area (Å²) in [5.41, 5.74) is 3.05. The van der Waals surface area contributed by atoms with Gasteiger partial charge in [-0.25, -0.2) is 17.7 Å². The summed E-state index contributed by atoms with van der Waals surface area (Å²) in [4.78, 5) is 17.3. The number of carbonyl (C=O) groups is 1. The molecule has 3 aromatic rings. The van der Waals surface area contributed by atoms with Gasteiger partial charge in [-0.2, -0.15) is 0 Å². The van der Waals surface area contributed by atoms with Crippen LogP contribution in [-0.4, -0.2) is 44.3 Å². The van der Waals surface area contributed by atoms with Gasteiger partial charge >= 0.3 is 0 Å². The van der Waals surface area contributed by atoms with Gasteiger partial charge in [0, 0.05) is 30.1 Å². The van der Waals surface area contributed by atoms with E-state index < -0.39 is 10.0 Å². The van der Waals surface area contributed by atoms with E-state index in [-0.39, 0.29) is 10.8 Å². The van der Waals surface area contributed by atoms with Gasteiger partial charge in [0.1, 0.15) is 5.75 Å². The number of methoxy groups -OCH3 is 1. The Morgan fingerprint density at radius 2 is 1.91 bits per heavy atom. The number of unbranched alkanes of at least 4 members (excludes halogenated alkanes) is 1. The summed E-state index contributed by atoms with van der Waals surface area (Å²) in [6, 6.07) is 11.7. The molecule has 9 heteroatoms. The third-order valence-electron chi connectivity index (χ3n) is 5.07. The Morgan fingerprint density at radius 3 is 2.53 bits per heavy atom. The van der Waals surface area contributed by atoms with Gasteiger partial charge < -0.3 is 4.74 Å². The van der Waals surface area contributed by atoms with Gasteiger partial charge in [0.25, 0.3) is 5.91 Å². The maximum atomic E-state index is 12.6. The minimum Gasteiger partial charge on any atom is -0.496 e. The number of ether oxygens (including phenoxy) is 1. The van der Waals surface area contributed by atoms with Crippen LogP contribution in [0.2, 0.25) is 0 Å². The maximum Gasteiger partial charge on any atom is 0.257 e. The van der Waals surface area contributed by atoms with Crippen LogP contribution in [0.4, 0.5) is 5.13 Å². The molecule has 2 aromatic carbocycles. The standard InChI is InChI=1S/C23H27N3O4S2/c1-5-6-13-26(3)32(28,29)19-10-7-17(8-11-19)22(27)25-23-24-20(15-31-23)18-9-12-21(30-4)16(2)14-18/h7-12,14-15H,5-6,13H2,1-4H3,(H,24,25,27). The molecule has 0 radical (unpaired) electrons. The first kappa shape index (κ1) is 23.9. The van der Waals surface area contributed by atoms with Crippen LogP contribution in [0.25, 0.3) is 11.3 Å². The zero-order valence-electron chi connectivity index (χ0n) is 18.6. The van der Waals surface area contributed by atoms with Crippen LogP contribution in [0.15, 0.2) is 52.7 Å². The summed E-state index contributed by atoms with van der Waals surface area (Å²) in [7, 11) is -0.371. The van der Waals surface area contributed by atoms with Crippen molar-refractivity contribution in [2.75, 3.05) is 26.0 Å². The van der Waals surface area contributed by atoms with E-state index in [0.29, 0.717) is 17.2 Å². The van der Waals surface area contributed by atoms with Crippen LogP contribution in [0.5, 0.6) is 5.75 Å². The van der Waals surface area contributed by atoms with Crippen molar-refractivity contribution < 1.29 is 17.9 Å². The molecule has 0 aliphatic rings. The number of nitrogens with one attached hydrogen (secondary N) is 1. The Hall–Kier alpha value is -2.75. The number of benzene rings is 2. The Balaban J connectivity index is 1.70. The first-order valence-corrected chi connectivity index (χ1v) is 12.6. The Kier molecular flexibility index (Phi) is 7.65. The molecule has 0 aliphatic carbocycles. The second kappa shape index (κ2) is 10.2. The topological polar surface area (TPSA) is 88.6 Å². The zero-order valence-corrected chi connectivity index (χ0v) is 20.2. The summed E-state index contributed by atoms with van der Waals surface area (Å²) in [6.07, 6.45) is 1.71. The summed E-state index contributed by atoms with van der Waals surface area (Å²) < 4.78 is 31.9. The summed E-state index contributed by atoms with van der Waals surface area (Å²) in [6.45, 7) is 4.43. The molecular formula is C23H27N3O4S2. The highest BCUT2D eigenvalue weighted by Gasteiger charge is 2.20. The van der Waals surface area contributed by atoms with Gasteiger partial charge in [-0.15, -0.1) is 11.3 Å². The van der Waals surface area contributed by atoms with E-state index in [2.05, 4.69) is 10.3 Å². The Morgan fingerprint density at radius 1 is 1.19 bits per heavy atom.